The lowest BCUT2D eigenvalue weighted by molar-refractivity contribution is -0.170. The van der Waals surface area contributed by atoms with E-state index in [9.17, 15) is 9.90 Å². The van der Waals surface area contributed by atoms with E-state index in [0.29, 0.717) is 18.8 Å². The van der Waals surface area contributed by atoms with Crippen LogP contribution in [0.5, 0.6) is 0 Å². The van der Waals surface area contributed by atoms with Crippen LogP contribution >= 0.6 is 0 Å². The van der Waals surface area contributed by atoms with Gasteiger partial charge in [-0.15, -0.1) is 0 Å². The van der Waals surface area contributed by atoms with E-state index in [0.717, 1.165) is 18.3 Å². The predicted molar refractivity (Wildman–Crippen MR) is 71.6 cm³/mol. The number of aliphatic hydroxyl groups excluding tert-OH is 1. The molecule has 0 radical (unpaired) electrons. The van der Waals surface area contributed by atoms with Crippen LogP contribution in [0.4, 0.5) is 0 Å². The quantitative estimate of drug-likeness (QED) is 0.474. The molecule has 0 aromatic heterocycles. The SMILES string of the molecule is C=C(C)[C@@H]1C[C@@H](C)[C@](C)(C2OCCO2)C(=O)/C1=C\O. The van der Waals surface area contributed by atoms with E-state index in [1.807, 2.05) is 20.8 Å². The van der Waals surface area contributed by atoms with Crippen LogP contribution in [0.2, 0.25) is 0 Å². The number of ether oxygens (including phenoxy) is 2. The molecular weight excluding hydrogens is 244 g/mol. The van der Waals surface area contributed by atoms with Crippen LogP contribution in [0.1, 0.15) is 27.2 Å². The standard InChI is InChI=1S/C15H22O4/c1-9(2)11-7-10(3)15(4,13(17)12(11)8-16)14-18-5-6-19-14/h8,10-11,14,16H,1,5-7H2,2-4H3/b12-8-/t10-,11+,15+/m1/s1. The van der Waals surface area contributed by atoms with Crippen molar-refractivity contribution >= 4 is 5.78 Å². The summed E-state index contributed by atoms with van der Waals surface area (Å²) in [5, 5.41) is 9.44. The molecule has 2 aliphatic rings. The highest BCUT2D eigenvalue weighted by Gasteiger charge is 2.54. The summed E-state index contributed by atoms with van der Waals surface area (Å²) in [6, 6.07) is 0. The molecule has 4 nitrogen and oxygen atoms in total. The molecule has 1 saturated heterocycles. The summed E-state index contributed by atoms with van der Waals surface area (Å²) in [5.74, 6) is -0.0656. The summed E-state index contributed by atoms with van der Waals surface area (Å²) in [5.41, 5.74) is 0.583. The van der Waals surface area contributed by atoms with E-state index < -0.39 is 11.7 Å². The van der Waals surface area contributed by atoms with Crippen molar-refractivity contribution in [3.63, 3.8) is 0 Å². The first-order valence-electron chi connectivity index (χ1n) is 6.70. The Kier molecular flexibility index (Phi) is 3.83. The van der Waals surface area contributed by atoms with Gasteiger partial charge in [-0.1, -0.05) is 19.1 Å². The molecule has 1 heterocycles. The molecule has 2 fully saturated rings. The zero-order valence-electron chi connectivity index (χ0n) is 11.8. The highest BCUT2D eigenvalue weighted by Crippen LogP contribution is 2.48. The molecule has 0 unspecified atom stereocenters. The summed E-state index contributed by atoms with van der Waals surface area (Å²) in [7, 11) is 0. The maximum Gasteiger partial charge on any atom is 0.173 e. The van der Waals surface area contributed by atoms with Gasteiger partial charge in [0.25, 0.3) is 0 Å². The lowest BCUT2D eigenvalue weighted by Crippen LogP contribution is -2.51. The van der Waals surface area contributed by atoms with Gasteiger partial charge in [0, 0.05) is 11.5 Å². The first kappa shape index (κ1) is 14.3. The predicted octanol–water partition coefficient (Wildman–Crippen LogP) is 2.61. The Morgan fingerprint density at radius 1 is 1.47 bits per heavy atom. The topological polar surface area (TPSA) is 55.8 Å². The second-order valence-electron chi connectivity index (χ2n) is 5.81. The molecule has 0 spiro atoms. The Balaban J connectivity index is 2.37. The summed E-state index contributed by atoms with van der Waals surface area (Å²) in [6.45, 7) is 10.7. The number of Topliss-reactive ketones (excluding diaryl/α,β-unsaturated/α-hetero) is 1. The van der Waals surface area contributed by atoms with Crippen LogP contribution in [0.3, 0.4) is 0 Å². The van der Waals surface area contributed by atoms with E-state index >= 15 is 0 Å². The highest BCUT2D eigenvalue weighted by molar-refractivity contribution is 6.01. The van der Waals surface area contributed by atoms with Crippen molar-refractivity contribution in [2.75, 3.05) is 13.2 Å². The Morgan fingerprint density at radius 2 is 2.05 bits per heavy atom. The third-order valence-electron chi connectivity index (χ3n) is 4.59. The van der Waals surface area contributed by atoms with Crippen LogP contribution in [-0.4, -0.2) is 30.4 Å². The van der Waals surface area contributed by atoms with Crippen molar-refractivity contribution in [2.24, 2.45) is 17.3 Å². The van der Waals surface area contributed by atoms with Crippen molar-refractivity contribution in [1.82, 2.24) is 0 Å². The number of carbonyl (C=O) groups is 1. The summed E-state index contributed by atoms with van der Waals surface area (Å²) in [6.07, 6.45) is 1.18. The van der Waals surface area contributed by atoms with Gasteiger partial charge < -0.3 is 14.6 Å². The summed E-state index contributed by atoms with van der Waals surface area (Å²) >= 11 is 0. The number of rotatable bonds is 2. The van der Waals surface area contributed by atoms with Crippen LogP contribution < -0.4 is 0 Å². The molecule has 0 aromatic rings. The Labute approximate surface area is 114 Å². The monoisotopic (exact) mass is 266 g/mol. The van der Waals surface area contributed by atoms with E-state index in [1.54, 1.807) is 0 Å². The lowest BCUT2D eigenvalue weighted by Gasteiger charge is -2.44. The first-order chi connectivity index (χ1) is 8.92. The zero-order valence-corrected chi connectivity index (χ0v) is 11.8. The van der Waals surface area contributed by atoms with E-state index in [-0.39, 0.29) is 17.6 Å². The number of aliphatic hydroxyl groups is 1. The van der Waals surface area contributed by atoms with Gasteiger partial charge in [0.15, 0.2) is 12.1 Å². The summed E-state index contributed by atoms with van der Waals surface area (Å²) < 4.78 is 11.1. The van der Waals surface area contributed by atoms with Gasteiger partial charge in [-0.3, -0.25) is 4.79 Å². The number of allylic oxidation sites excluding steroid dienone is 2. The largest absolute Gasteiger partial charge is 0.515 e. The van der Waals surface area contributed by atoms with Crippen LogP contribution in [0, 0.1) is 17.3 Å². The van der Waals surface area contributed by atoms with E-state index in [1.165, 1.54) is 0 Å². The fourth-order valence-corrected chi connectivity index (χ4v) is 3.08. The molecule has 3 atom stereocenters. The zero-order chi connectivity index (χ0) is 14.2. The molecule has 1 N–H and O–H groups in total. The molecular formula is C15H22O4. The molecule has 1 saturated carbocycles. The van der Waals surface area contributed by atoms with Gasteiger partial charge in [0.2, 0.25) is 0 Å². The molecule has 0 amide bonds. The van der Waals surface area contributed by atoms with Crippen molar-refractivity contribution in [3.8, 4) is 0 Å². The molecule has 19 heavy (non-hydrogen) atoms. The second-order valence-corrected chi connectivity index (χ2v) is 5.81. The highest BCUT2D eigenvalue weighted by atomic mass is 16.7. The molecule has 1 aliphatic carbocycles. The third kappa shape index (κ3) is 2.13. The number of hydrogen-bond acceptors (Lipinski definition) is 4. The van der Waals surface area contributed by atoms with Gasteiger partial charge in [-0.2, -0.15) is 0 Å². The van der Waals surface area contributed by atoms with Crippen LogP contribution in [0.15, 0.2) is 24.0 Å². The molecule has 1 aliphatic heterocycles. The Bertz CT molecular complexity index is 420. The second kappa shape index (κ2) is 5.10. The summed E-state index contributed by atoms with van der Waals surface area (Å²) in [4.78, 5) is 12.8. The van der Waals surface area contributed by atoms with Crippen LogP contribution in [0.25, 0.3) is 0 Å². The van der Waals surface area contributed by atoms with Gasteiger partial charge in [-0.25, -0.2) is 0 Å². The van der Waals surface area contributed by atoms with Gasteiger partial charge in [0.05, 0.1) is 24.9 Å². The lowest BCUT2D eigenvalue weighted by atomic mass is 9.61. The molecule has 4 heteroatoms. The van der Waals surface area contributed by atoms with E-state index in [4.69, 9.17) is 9.47 Å². The Hall–Kier alpha value is -1.13. The normalized spacial score (nSPS) is 38.9. The van der Waals surface area contributed by atoms with Crippen molar-refractivity contribution < 1.29 is 19.4 Å². The smallest absolute Gasteiger partial charge is 0.173 e. The minimum Gasteiger partial charge on any atom is -0.515 e. The minimum atomic E-state index is -0.739. The van der Waals surface area contributed by atoms with Crippen molar-refractivity contribution in [3.05, 3.63) is 24.0 Å². The average Bonchev–Trinajstić information content (AvgIpc) is 2.89. The Morgan fingerprint density at radius 3 is 2.53 bits per heavy atom. The number of ketones is 1. The first-order valence-corrected chi connectivity index (χ1v) is 6.70. The van der Waals surface area contributed by atoms with Crippen molar-refractivity contribution in [2.45, 2.75) is 33.5 Å². The van der Waals surface area contributed by atoms with Gasteiger partial charge in [0.1, 0.15) is 0 Å². The third-order valence-corrected chi connectivity index (χ3v) is 4.59. The van der Waals surface area contributed by atoms with E-state index in [2.05, 4.69) is 6.58 Å². The number of hydrogen-bond donors (Lipinski definition) is 1. The van der Waals surface area contributed by atoms with Crippen molar-refractivity contribution in [1.29, 1.82) is 0 Å². The molecule has 0 aromatic carbocycles. The van der Waals surface area contributed by atoms with Crippen LogP contribution in [-0.2, 0) is 14.3 Å². The maximum atomic E-state index is 12.8. The molecule has 0 bridgehead atoms. The fourth-order valence-electron chi connectivity index (χ4n) is 3.08. The van der Waals surface area contributed by atoms with Gasteiger partial charge >= 0.3 is 0 Å². The average molecular weight is 266 g/mol. The molecule has 106 valence electrons. The maximum absolute atomic E-state index is 12.8. The minimum absolute atomic E-state index is 0.0815. The fraction of sp³-hybridized carbons (Fsp3) is 0.667. The van der Waals surface area contributed by atoms with Gasteiger partial charge in [-0.05, 0) is 26.2 Å². The molecule has 2 rings (SSSR count). The number of carbonyl (C=O) groups excluding carboxylic acids is 1.